The minimum atomic E-state index is -1.35. The Kier molecular flexibility index (Phi) is 4.58. The first-order valence-electron chi connectivity index (χ1n) is 6.89. The molecule has 8 nitrogen and oxygen atoms in total. The third-order valence-corrected chi connectivity index (χ3v) is 4.30. The molecule has 1 unspecified atom stereocenters. The summed E-state index contributed by atoms with van der Waals surface area (Å²) >= 11 is 5.89. The minimum Gasteiger partial charge on any atom is -0.465 e. The van der Waals surface area contributed by atoms with Crippen molar-refractivity contribution in [2.45, 2.75) is 19.4 Å². The van der Waals surface area contributed by atoms with Crippen LogP contribution in [0.5, 0.6) is 0 Å². The predicted molar refractivity (Wildman–Crippen MR) is 83.2 cm³/mol. The number of Topliss-reactive ketones (excluding diaryl/α,β-unsaturated/α-hetero) is 1. The maximum absolute atomic E-state index is 13.0. The van der Waals surface area contributed by atoms with Crippen molar-refractivity contribution in [3.8, 4) is 0 Å². The molecule has 0 spiro atoms. The van der Waals surface area contributed by atoms with E-state index in [1.807, 2.05) is 0 Å². The van der Waals surface area contributed by atoms with E-state index in [0.29, 0.717) is 6.54 Å². The van der Waals surface area contributed by atoms with E-state index in [1.54, 1.807) is 0 Å². The summed E-state index contributed by atoms with van der Waals surface area (Å²) in [6.07, 6.45) is -1.21. The van der Waals surface area contributed by atoms with Crippen LogP contribution in [-0.4, -0.2) is 52.0 Å². The summed E-state index contributed by atoms with van der Waals surface area (Å²) in [5, 5.41) is 23.5. The zero-order valence-electron chi connectivity index (χ0n) is 12.6. The zero-order valence-corrected chi connectivity index (χ0v) is 13.4. The number of amides is 1. The number of carboxylic acid groups (broad SMARTS) is 1. The van der Waals surface area contributed by atoms with Crippen LogP contribution in [0.25, 0.3) is 0 Å². The van der Waals surface area contributed by atoms with Crippen molar-refractivity contribution in [3.05, 3.63) is 38.4 Å². The first-order valence-corrected chi connectivity index (χ1v) is 7.27. The Morgan fingerprint density at radius 1 is 1.48 bits per heavy atom. The summed E-state index contributed by atoms with van der Waals surface area (Å²) in [4.78, 5) is 35.9. The fraction of sp³-hybridized carbons (Fsp3) is 0.429. The first-order chi connectivity index (χ1) is 10.7. The van der Waals surface area contributed by atoms with Gasteiger partial charge in [0.1, 0.15) is 5.54 Å². The number of ketones is 1. The minimum absolute atomic E-state index is 0.0555. The molecule has 0 saturated carbocycles. The van der Waals surface area contributed by atoms with E-state index in [9.17, 15) is 24.8 Å². The number of piperazine rings is 1. The number of benzene rings is 1. The summed E-state index contributed by atoms with van der Waals surface area (Å²) in [6.45, 7) is 3.66. The van der Waals surface area contributed by atoms with Crippen molar-refractivity contribution in [1.82, 2.24) is 10.2 Å². The Morgan fingerprint density at radius 3 is 2.70 bits per heavy atom. The Bertz CT molecular complexity index is 693. The van der Waals surface area contributed by atoms with Crippen LogP contribution in [0.2, 0.25) is 5.02 Å². The molecule has 0 radical (unpaired) electrons. The highest BCUT2D eigenvalue weighted by molar-refractivity contribution is 6.31. The van der Waals surface area contributed by atoms with Crippen LogP contribution in [0.15, 0.2) is 12.1 Å². The molecule has 0 bridgehead atoms. The van der Waals surface area contributed by atoms with Crippen LogP contribution in [-0.2, 0) is 0 Å². The van der Waals surface area contributed by atoms with Crippen molar-refractivity contribution in [2.75, 3.05) is 19.6 Å². The SMILES string of the molecule is Cc1c(C(=O)C2(C)CNCCN2C(=O)O)cc(Cl)cc1[N+](=O)[O-]. The lowest BCUT2D eigenvalue weighted by Crippen LogP contribution is -2.65. The number of nitro benzene ring substituents is 1. The fourth-order valence-electron chi connectivity index (χ4n) is 2.75. The van der Waals surface area contributed by atoms with Crippen LogP contribution in [0.4, 0.5) is 10.5 Å². The van der Waals surface area contributed by atoms with Crippen LogP contribution in [0, 0.1) is 17.0 Å². The van der Waals surface area contributed by atoms with Crippen molar-refractivity contribution in [1.29, 1.82) is 0 Å². The van der Waals surface area contributed by atoms with Crippen molar-refractivity contribution < 1.29 is 19.6 Å². The molecule has 1 aromatic carbocycles. The molecule has 1 aliphatic rings. The summed E-state index contributed by atoms with van der Waals surface area (Å²) < 4.78 is 0. The Morgan fingerprint density at radius 2 is 2.13 bits per heavy atom. The molecule has 1 heterocycles. The maximum Gasteiger partial charge on any atom is 0.408 e. The highest BCUT2D eigenvalue weighted by atomic mass is 35.5. The molecule has 1 atom stereocenters. The summed E-state index contributed by atoms with van der Waals surface area (Å²) in [6, 6.07) is 2.51. The van der Waals surface area contributed by atoms with Crippen LogP contribution in [0.1, 0.15) is 22.8 Å². The van der Waals surface area contributed by atoms with Crippen molar-refractivity contribution >= 4 is 29.2 Å². The van der Waals surface area contributed by atoms with Crippen LogP contribution in [0.3, 0.4) is 0 Å². The number of halogens is 1. The van der Waals surface area contributed by atoms with E-state index in [2.05, 4.69) is 5.32 Å². The van der Waals surface area contributed by atoms with E-state index in [1.165, 1.54) is 26.0 Å². The Labute approximate surface area is 137 Å². The van der Waals surface area contributed by atoms with E-state index in [4.69, 9.17) is 11.6 Å². The lowest BCUT2D eigenvalue weighted by molar-refractivity contribution is -0.385. The molecule has 1 aromatic rings. The number of carbonyl (C=O) groups excluding carboxylic acids is 1. The van der Waals surface area contributed by atoms with Gasteiger partial charge in [-0.1, -0.05) is 11.6 Å². The topological polar surface area (TPSA) is 113 Å². The van der Waals surface area contributed by atoms with E-state index < -0.39 is 22.3 Å². The Balaban J connectivity index is 2.55. The molecule has 1 aliphatic heterocycles. The van der Waals surface area contributed by atoms with E-state index in [-0.39, 0.29) is 34.9 Å². The monoisotopic (exact) mass is 341 g/mol. The number of nitrogens with one attached hydrogen (secondary N) is 1. The number of rotatable bonds is 3. The van der Waals surface area contributed by atoms with Gasteiger partial charge in [0.25, 0.3) is 5.69 Å². The van der Waals surface area contributed by atoms with Gasteiger partial charge in [0, 0.05) is 41.9 Å². The summed E-state index contributed by atoms with van der Waals surface area (Å²) in [5.41, 5.74) is -1.40. The highest BCUT2D eigenvalue weighted by Gasteiger charge is 2.45. The third kappa shape index (κ3) is 2.99. The van der Waals surface area contributed by atoms with Crippen LogP contribution < -0.4 is 5.32 Å². The average Bonchev–Trinajstić information content (AvgIpc) is 2.48. The van der Waals surface area contributed by atoms with Gasteiger partial charge in [-0.15, -0.1) is 0 Å². The summed E-state index contributed by atoms with van der Waals surface area (Å²) in [5.74, 6) is -0.518. The molecule has 0 aromatic heterocycles. The van der Waals surface area contributed by atoms with Gasteiger partial charge in [0.2, 0.25) is 0 Å². The van der Waals surface area contributed by atoms with Gasteiger partial charge in [-0.2, -0.15) is 0 Å². The van der Waals surface area contributed by atoms with Gasteiger partial charge in [-0.25, -0.2) is 4.79 Å². The quantitative estimate of drug-likeness (QED) is 0.494. The molecule has 1 amide bonds. The number of hydrogen-bond acceptors (Lipinski definition) is 5. The second kappa shape index (κ2) is 6.13. The zero-order chi connectivity index (χ0) is 17.4. The molecule has 9 heteroatoms. The maximum atomic E-state index is 13.0. The summed E-state index contributed by atoms with van der Waals surface area (Å²) in [7, 11) is 0. The molecular formula is C14H16ClN3O5. The lowest BCUT2D eigenvalue weighted by atomic mass is 9.86. The first kappa shape index (κ1) is 17.2. The molecule has 2 N–H and O–H groups in total. The van der Waals surface area contributed by atoms with Gasteiger partial charge >= 0.3 is 6.09 Å². The molecule has 2 rings (SSSR count). The highest BCUT2D eigenvalue weighted by Crippen LogP contribution is 2.31. The number of hydrogen-bond donors (Lipinski definition) is 2. The van der Waals surface area contributed by atoms with Gasteiger partial charge in [-0.05, 0) is 19.9 Å². The van der Waals surface area contributed by atoms with Crippen molar-refractivity contribution in [3.63, 3.8) is 0 Å². The van der Waals surface area contributed by atoms with Gasteiger partial charge in [0.15, 0.2) is 5.78 Å². The van der Waals surface area contributed by atoms with Crippen molar-refractivity contribution in [2.24, 2.45) is 0 Å². The normalized spacial score (nSPS) is 21.1. The van der Waals surface area contributed by atoms with Crippen LogP contribution >= 0.6 is 11.6 Å². The predicted octanol–water partition coefficient (Wildman–Crippen LogP) is 2.08. The Hall–Kier alpha value is -2.19. The van der Waals surface area contributed by atoms with E-state index in [0.717, 1.165) is 4.90 Å². The molecule has 1 saturated heterocycles. The third-order valence-electron chi connectivity index (χ3n) is 4.08. The van der Waals surface area contributed by atoms with Gasteiger partial charge < -0.3 is 10.4 Å². The molecule has 1 fully saturated rings. The molecular weight excluding hydrogens is 326 g/mol. The van der Waals surface area contributed by atoms with Gasteiger partial charge in [-0.3, -0.25) is 19.8 Å². The largest absolute Gasteiger partial charge is 0.465 e. The second-order valence-corrected chi connectivity index (χ2v) is 6.00. The number of nitro groups is 1. The standard InChI is InChI=1S/C14H16ClN3O5/c1-8-10(5-9(15)6-11(8)18(22)23)12(19)14(2)7-16-3-4-17(14)13(20)21/h5-6,16H,3-4,7H2,1-2H3,(H,20,21). The molecule has 0 aliphatic carbocycles. The number of nitrogens with zero attached hydrogens (tertiary/aromatic N) is 2. The second-order valence-electron chi connectivity index (χ2n) is 5.57. The fourth-order valence-corrected chi connectivity index (χ4v) is 2.97. The smallest absolute Gasteiger partial charge is 0.408 e. The van der Waals surface area contributed by atoms with E-state index >= 15 is 0 Å². The number of carbonyl (C=O) groups is 2. The van der Waals surface area contributed by atoms with Gasteiger partial charge in [0.05, 0.1) is 4.92 Å². The molecule has 124 valence electrons. The molecule has 23 heavy (non-hydrogen) atoms. The average molecular weight is 342 g/mol. The lowest BCUT2D eigenvalue weighted by Gasteiger charge is -2.42.